The molecular formula is C15H16BrFN2O. The van der Waals surface area contributed by atoms with Crippen molar-refractivity contribution < 1.29 is 9.18 Å². The predicted molar refractivity (Wildman–Crippen MR) is 77.6 cm³/mol. The van der Waals surface area contributed by atoms with Crippen molar-refractivity contribution in [2.75, 3.05) is 7.05 Å². The molecule has 5 heteroatoms. The molecule has 0 aliphatic heterocycles. The molecule has 1 saturated carbocycles. The summed E-state index contributed by atoms with van der Waals surface area (Å²) in [4.78, 5) is 14.0. The molecule has 0 unspecified atom stereocenters. The summed E-state index contributed by atoms with van der Waals surface area (Å²) in [6.07, 6.45) is 4.42. The maximum Gasteiger partial charge on any atom is 0.254 e. The average molecular weight is 339 g/mol. The second kappa shape index (κ2) is 5.92. The fraction of sp³-hybridized carbons (Fsp3) is 0.467. The SMILES string of the molecule is CN(C(=O)c1ccc(F)c(Br)c1)C1(C#N)CCCCC1. The Hall–Kier alpha value is -1.41. The normalized spacial score (nSPS) is 17.3. The summed E-state index contributed by atoms with van der Waals surface area (Å²) < 4.78 is 13.5. The molecule has 1 aromatic rings. The van der Waals surface area contributed by atoms with Gasteiger partial charge < -0.3 is 4.90 Å². The van der Waals surface area contributed by atoms with E-state index in [9.17, 15) is 14.4 Å². The average Bonchev–Trinajstić information content (AvgIpc) is 2.49. The van der Waals surface area contributed by atoms with Crippen molar-refractivity contribution in [1.29, 1.82) is 5.26 Å². The van der Waals surface area contributed by atoms with Crippen molar-refractivity contribution in [2.24, 2.45) is 0 Å². The molecule has 0 N–H and O–H groups in total. The number of hydrogen-bond donors (Lipinski definition) is 0. The van der Waals surface area contributed by atoms with Gasteiger partial charge in [0.25, 0.3) is 5.91 Å². The molecule has 106 valence electrons. The van der Waals surface area contributed by atoms with Crippen molar-refractivity contribution in [1.82, 2.24) is 4.90 Å². The Bertz CT molecular complexity index is 561. The van der Waals surface area contributed by atoms with Crippen molar-refractivity contribution in [3.63, 3.8) is 0 Å². The molecule has 0 spiro atoms. The monoisotopic (exact) mass is 338 g/mol. The molecule has 1 aromatic carbocycles. The third-order valence-corrected chi connectivity index (χ3v) is 4.61. The second-order valence-corrected chi connectivity index (χ2v) is 6.05. The molecular weight excluding hydrogens is 323 g/mol. The Labute approximate surface area is 126 Å². The maximum absolute atomic E-state index is 13.2. The summed E-state index contributed by atoms with van der Waals surface area (Å²) in [5.74, 6) is -0.647. The smallest absolute Gasteiger partial charge is 0.254 e. The van der Waals surface area contributed by atoms with Gasteiger partial charge in [-0.25, -0.2) is 4.39 Å². The molecule has 0 atom stereocenters. The Morgan fingerprint density at radius 1 is 1.40 bits per heavy atom. The standard InChI is InChI=1S/C15H16BrFN2O/c1-19(15(10-18)7-3-2-4-8-15)14(20)11-5-6-13(17)12(16)9-11/h5-6,9H,2-4,7-8H2,1H3. The summed E-state index contributed by atoms with van der Waals surface area (Å²) in [7, 11) is 1.66. The van der Waals surface area contributed by atoms with Crippen molar-refractivity contribution in [3.05, 3.63) is 34.1 Å². The molecule has 2 rings (SSSR count). The number of halogens is 2. The summed E-state index contributed by atoms with van der Waals surface area (Å²) in [5, 5.41) is 9.49. The van der Waals surface area contributed by atoms with Crippen LogP contribution in [0.3, 0.4) is 0 Å². The largest absolute Gasteiger partial charge is 0.323 e. The third-order valence-electron chi connectivity index (χ3n) is 4.00. The van der Waals surface area contributed by atoms with Gasteiger partial charge in [-0.2, -0.15) is 5.26 Å². The number of nitrogens with zero attached hydrogens (tertiary/aromatic N) is 2. The predicted octanol–water partition coefficient (Wildman–Crippen LogP) is 3.89. The van der Waals surface area contributed by atoms with Crippen molar-refractivity contribution in [2.45, 2.75) is 37.6 Å². The van der Waals surface area contributed by atoms with Crippen LogP contribution < -0.4 is 0 Å². The Morgan fingerprint density at radius 2 is 2.05 bits per heavy atom. The molecule has 0 bridgehead atoms. The van der Waals surface area contributed by atoms with Crippen LogP contribution in [0.5, 0.6) is 0 Å². The second-order valence-electron chi connectivity index (χ2n) is 5.20. The summed E-state index contributed by atoms with van der Waals surface area (Å²) in [6, 6.07) is 6.48. The highest BCUT2D eigenvalue weighted by Gasteiger charge is 2.39. The van der Waals surface area contributed by atoms with Crippen LogP contribution in [-0.4, -0.2) is 23.4 Å². The van der Waals surface area contributed by atoms with E-state index < -0.39 is 11.4 Å². The first-order valence-corrected chi connectivity index (χ1v) is 7.44. The fourth-order valence-corrected chi connectivity index (χ4v) is 3.05. The number of rotatable bonds is 2. The first-order chi connectivity index (χ1) is 9.50. The van der Waals surface area contributed by atoms with Crippen LogP contribution in [0.25, 0.3) is 0 Å². The van der Waals surface area contributed by atoms with E-state index in [1.807, 2.05) is 0 Å². The summed E-state index contributed by atoms with van der Waals surface area (Å²) in [5.41, 5.74) is -0.336. The molecule has 3 nitrogen and oxygen atoms in total. The van der Waals surface area contributed by atoms with Crippen LogP contribution in [0.15, 0.2) is 22.7 Å². The Morgan fingerprint density at radius 3 is 2.60 bits per heavy atom. The van der Waals surface area contributed by atoms with Gasteiger partial charge in [0.2, 0.25) is 0 Å². The minimum atomic E-state index is -0.726. The quantitative estimate of drug-likeness (QED) is 0.821. The zero-order valence-corrected chi connectivity index (χ0v) is 12.9. The first kappa shape index (κ1) is 15.0. The Balaban J connectivity index is 2.27. The number of hydrogen-bond acceptors (Lipinski definition) is 2. The molecule has 1 aliphatic carbocycles. The highest BCUT2D eigenvalue weighted by atomic mass is 79.9. The van der Waals surface area contributed by atoms with Crippen LogP contribution in [0.4, 0.5) is 4.39 Å². The summed E-state index contributed by atoms with van der Waals surface area (Å²) >= 11 is 3.08. The van der Waals surface area contributed by atoms with Gasteiger partial charge in [-0.15, -0.1) is 0 Å². The van der Waals surface area contributed by atoms with E-state index in [0.717, 1.165) is 19.3 Å². The topological polar surface area (TPSA) is 44.1 Å². The zero-order chi connectivity index (χ0) is 14.8. The number of nitriles is 1. The lowest BCUT2D eigenvalue weighted by Gasteiger charge is -2.39. The molecule has 1 amide bonds. The van der Waals surface area contributed by atoms with Gasteiger partial charge in [0, 0.05) is 12.6 Å². The number of benzene rings is 1. The van der Waals surface area contributed by atoms with E-state index in [1.54, 1.807) is 7.05 Å². The first-order valence-electron chi connectivity index (χ1n) is 6.65. The lowest BCUT2D eigenvalue weighted by molar-refractivity contribution is 0.0589. The van der Waals surface area contributed by atoms with Gasteiger partial charge >= 0.3 is 0 Å². The molecule has 20 heavy (non-hydrogen) atoms. The van der Waals surface area contributed by atoms with E-state index >= 15 is 0 Å². The van der Waals surface area contributed by atoms with E-state index in [2.05, 4.69) is 22.0 Å². The highest BCUT2D eigenvalue weighted by Crippen LogP contribution is 2.33. The van der Waals surface area contributed by atoms with Gasteiger partial charge in [0.15, 0.2) is 0 Å². The number of carbonyl (C=O) groups excluding carboxylic acids is 1. The van der Waals surface area contributed by atoms with Crippen LogP contribution in [-0.2, 0) is 0 Å². The number of amides is 1. The molecule has 1 fully saturated rings. The number of carbonyl (C=O) groups is 1. The van der Waals surface area contributed by atoms with E-state index in [0.29, 0.717) is 18.4 Å². The van der Waals surface area contributed by atoms with E-state index in [4.69, 9.17) is 0 Å². The van der Waals surface area contributed by atoms with Crippen LogP contribution in [0, 0.1) is 17.1 Å². The van der Waals surface area contributed by atoms with Gasteiger partial charge in [-0.3, -0.25) is 4.79 Å². The highest BCUT2D eigenvalue weighted by molar-refractivity contribution is 9.10. The van der Waals surface area contributed by atoms with Gasteiger partial charge in [-0.05, 0) is 47.0 Å². The summed E-state index contributed by atoms with van der Waals surface area (Å²) in [6.45, 7) is 0. The molecule has 0 heterocycles. The molecule has 0 radical (unpaired) electrons. The zero-order valence-electron chi connectivity index (χ0n) is 11.3. The van der Waals surface area contributed by atoms with Crippen molar-refractivity contribution in [3.8, 4) is 6.07 Å². The van der Waals surface area contributed by atoms with Gasteiger partial charge in [0.1, 0.15) is 11.4 Å². The maximum atomic E-state index is 13.2. The fourth-order valence-electron chi connectivity index (χ4n) is 2.68. The lowest BCUT2D eigenvalue weighted by Crippen LogP contribution is -2.49. The van der Waals surface area contributed by atoms with E-state index in [1.165, 1.54) is 23.1 Å². The Kier molecular flexibility index (Phi) is 4.44. The van der Waals surface area contributed by atoms with Crippen molar-refractivity contribution >= 4 is 21.8 Å². The lowest BCUT2D eigenvalue weighted by atomic mass is 9.81. The van der Waals surface area contributed by atoms with Gasteiger partial charge in [-0.1, -0.05) is 19.3 Å². The third kappa shape index (κ3) is 2.71. The van der Waals surface area contributed by atoms with Crippen LogP contribution in [0.1, 0.15) is 42.5 Å². The molecule has 0 aromatic heterocycles. The minimum Gasteiger partial charge on any atom is -0.323 e. The molecule has 1 aliphatic rings. The van der Waals surface area contributed by atoms with Crippen LogP contribution >= 0.6 is 15.9 Å². The van der Waals surface area contributed by atoms with Gasteiger partial charge in [0.05, 0.1) is 10.5 Å². The molecule has 0 saturated heterocycles. The van der Waals surface area contributed by atoms with Crippen LogP contribution in [0.2, 0.25) is 0 Å². The minimum absolute atomic E-state index is 0.242. The van der Waals surface area contributed by atoms with E-state index in [-0.39, 0.29) is 10.4 Å².